The van der Waals surface area contributed by atoms with Crippen LogP contribution in [0.5, 0.6) is 0 Å². The number of carbonyl (C=O) groups is 2. The molecule has 1 saturated heterocycles. The number of nitrogens with one attached hydrogen (secondary N) is 1. The van der Waals surface area contributed by atoms with Crippen molar-refractivity contribution in [2.45, 2.75) is 88.8 Å². The van der Waals surface area contributed by atoms with Crippen LogP contribution in [-0.2, 0) is 22.3 Å². The number of hydrogen-bond donors (Lipinski definition) is 1. The molecule has 1 N–H and O–H groups in total. The Hall–Kier alpha value is -3.52. The Labute approximate surface area is 284 Å². The Kier molecular flexibility index (Phi) is 10.3. The second-order valence-corrected chi connectivity index (χ2v) is 14.6. The highest BCUT2D eigenvalue weighted by molar-refractivity contribution is 7.99. The van der Waals surface area contributed by atoms with E-state index in [9.17, 15) is 31.9 Å². The first kappa shape index (κ1) is 35.8. The fourth-order valence-corrected chi connectivity index (χ4v) is 7.73. The first-order valence-corrected chi connectivity index (χ1v) is 17.2. The number of hydrogen-bond acceptors (Lipinski definition) is 7. The van der Waals surface area contributed by atoms with E-state index < -0.39 is 53.1 Å². The zero-order valence-corrected chi connectivity index (χ0v) is 28.9. The van der Waals surface area contributed by atoms with E-state index in [2.05, 4.69) is 10.3 Å². The number of rotatable bonds is 6. The molecule has 2 aliphatic heterocycles. The Morgan fingerprint density at radius 1 is 1.08 bits per heavy atom. The van der Waals surface area contributed by atoms with E-state index in [0.29, 0.717) is 6.42 Å². The van der Waals surface area contributed by atoms with E-state index >= 15 is 0 Å². The summed E-state index contributed by atoms with van der Waals surface area (Å²) in [6, 6.07) is 4.28. The molecule has 48 heavy (non-hydrogen) atoms. The van der Waals surface area contributed by atoms with Crippen molar-refractivity contribution in [3.8, 4) is 11.1 Å². The smallest absolute Gasteiger partial charge is 0.417 e. The van der Waals surface area contributed by atoms with Gasteiger partial charge in [0.25, 0.3) is 0 Å². The minimum atomic E-state index is -4.83. The van der Waals surface area contributed by atoms with Crippen molar-refractivity contribution >= 4 is 52.1 Å². The van der Waals surface area contributed by atoms with Gasteiger partial charge in [-0.15, -0.1) is 23.4 Å². The SMILES string of the molecule is C[C@@H]1CN(c2nc(=O)n3c4c(c(-c5ccc(F)cc5)c(C(F)(F)F)cc24)SC[C@@H](NC(=O)CCCCl)C3)C[C@H](C)N1C(=O)OC(C)(C)C. The van der Waals surface area contributed by atoms with Gasteiger partial charge in [0.15, 0.2) is 0 Å². The van der Waals surface area contributed by atoms with Gasteiger partial charge < -0.3 is 15.0 Å². The molecule has 2 aliphatic rings. The number of aromatic nitrogens is 2. The molecular formula is C33H38ClF4N5O4S. The van der Waals surface area contributed by atoms with E-state index in [0.717, 1.165) is 30.0 Å². The summed E-state index contributed by atoms with van der Waals surface area (Å²) in [5, 5.41) is 3.00. The van der Waals surface area contributed by atoms with Gasteiger partial charge in [0.2, 0.25) is 5.91 Å². The summed E-state index contributed by atoms with van der Waals surface area (Å²) in [5.74, 6) is -0.383. The van der Waals surface area contributed by atoms with E-state index in [1.54, 1.807) is 44.4 Å². The largest absolute Gasteiger partial charge is 0.444 e. The van der Waals surface area contributed by atoms with Crippen molar-refractivity contribution in [2.24, 2.45) is 0 Å². The summed E-state index contributed by atoms with van der Waals surface area (Å²) in [5.41, 5.74) is -2.20. The number of piperazine rings is 1. The molecule has 2 amide bonds. The molecule has 0 saturated carbocycles. The fourth-order valence-electron chi connectivity index (χ4n) is 6.31. The highest BCUT2D eigenvalue weighted by Gasteiger charge is 2.40. The van der Waals surface area contributed by atoms with E-state index in [4.69, 9.17) is 16.3 Å². The van der Waals surface area contributed by atoms with Crippen LogP contribution in [0, 0.1) is 5.82 Å². The predicted octanol–water partition coefficient (Wildman–Crippen LogP) is 6.67. The number of benzene rings is 2. The third kappa shape index (κ3) is 7.54. The van der Waals surface area contributed by atoms with Crippen LogP contribution in [0.15, 0.2) is 40.0 Å². The molecule has 1 fully saturated rings. The second-order valence-electron chi connectivity index (χ2n) is 13.2. The van der Waals surface area contributed by atoms with Gasteiger partial charge in [-0.25, -0.2) is 14.0 Å². The van der Waals surface area contributed by atoms with Gasteiger partial charge >= 0.3 is 18.0 Å². The van der Waals surface area contributed by atoms with Crippen LogP contribution >= 0.6 is 23.4 Å². The third-order valence-corrected chi connectivity index (χ3v) is 9.72. The minimum absolute atomic E-state index is 0.0251. The maximum absolute atomic E-state index is 15.0. The molecule has 0 unspecified atom stereocenters. The lowest BCUT2D eigenvalue weighted by atomic mass is 9.96. The standard InChI is InChI=1S/C33H38ClF4N5O4S/c1-18-14-41(15-19(2)43(18)31(46)47-32(3,4)5)29-23-13-24(33(36,37)38)26(20-8-10-21(35)11-9-20)28-27(23)42(30(45)40-29)16-22(17-48-28)39-25(44)7-6-12-34/h8-11,13,18-19,22H,6-7,12,14-17H2,1-5H3,(H,39,44)/t18-,19+,22-/m0/s1. The van der Waals surface area contributed by atoms with E-state index in [-0.39, 0.29) is 76.3 Å². The molecule has 260 valence electrons. The number of anilines is 1. The zero-order chi connectivity index (χ0) is 35.1. The van der Waals surface area contributed by atoms with Gasteiger partial charge in [-0.1, -0.05) is 12.1 Å². The average molecular weight is 712 g/mol. The topological polar surface area (TPSA) is 96.8 Å². The van der Waals surface area contributed by atoms with Gasteiger partial charge in [0.05, 0.1) is 29.2 Å². The van der Waals surface area contributed by atoms with Crippen LogP contribution in [0.25, 0.3) is 22.0 Å². The van der Waals surface area contributed by atoms with Crippen LogP contribution in [0.3, 0.4) is 0 Å². The Morgan fingerprint density at radius 2 is 1.73 bits per heavy atom. The van der Waals surface area contributed by atoms with Crippen LogP contribution in [0.4, 0.5) is 28.2 Å². The van der Waals surface area contributed by atoms with Crippen LogP contribution in [-0.4, -0.2) is 74.9 Å². The van der Waals surface area contributed by atoms with Crippen LogP contribution in [0.1, 0.15) is 53.0 Å². The lowest BCUT2D eigenvalue weighted by Gasteiger charge is -2.45. The molecule has 3 atom stereocenters. The molecule has 3 aromatic rings. The molecule has 0 radical (unpaired) electrons. The molecule has 0 aliphatic carbocycles. The van der Waals surface area contributed by atoms with Gasteiger partial charge in [0.1, 0.15) is 17.2 Å². The Balaban J connectivity index is 1.69. The molecule has 5 rings (SSSR count). The molecule has 1 aromatic heterocycles. The van der Waals surface area contributed by atoms with E-state index in [1.165, 1.54) is 16.7 Å². The van der Waals surface area contributed by atoms with Gasteiger partial charge in [0, 0.05) is 53.5 Å². The van der Waals surface area contributed by atoms with Crippen molar-refractivity contribution < 1.29 is 31.9 Å². The Morgan fingerprint density at radius 3 is 2.31 bits per heavy atom. The molecule has 0 spiro atoms. The number of thioether (sulfide) groups is 1. The van der Waals surface area contributed by atoms with Gasteiger partial charge in [-0.3, -0.25) is 14.3 Å². The summed E-state index contributed by atoms with van der Waals surface area (Å²) in [6.07, 6.45) is -4.74. The molecular weight excluding hydrogens is 674 g/mol. The molecule has 3 heterocycles. The summed E-state index contributed by atoms with van der Waals surface area (Å²) < 4.78 is 65.8. The fraction of sp³-hybridized carbons (Fsp3) is 0.515. The van der Waals surface area contributed by atoms with Crippen molar-refractivity contribution in [1.82, 2.24) is 19.8 Å². The van der Waals surface area contributed by atoms with Crippen LogP contribution < -0.4 is 15.9 Å². The summed E-state index contributed by atoms with van der Waals surface area (Å²) in [6.45, 7) is 9.22. The number of ether oxygens (including phenoxy) is 1. The van der Waals surface area contributed by atoms with Gasteiger partial charge in [-0.05, 0) is 64.8 Å². The van der Waals surface area contributed by atoms with Gasteiger partial charge in [-0.2, -0.15) is 18.2 Å². The number of halogens is 5. The molecule has 15 heteroatoms. The maximum atomic E-state index is 15.0. The highest BCUT2D eigenvalue weighted by atomic mass is 35.5. The summed E-state index contributed by atoms with van der Waals surface area (Å²) >= 11 is 6.85. The van der Waals surface area contributed by atoms with Crippen LogP contribution in [0.2, 0.25) is 0 Å². The Bertz CT molecular complexity index is 1750. The van der Waals surface area contributed by atoms with Crippen molar-refractivity contribution in [1.29, 1.82) is 0 Å². The number of alkyl halides is 4. The van der Waals surface area contributed by atoms with Crippen molar-refractivity contribution in [3.63, 3.8) is 0 Å². The molecule has 2 aromatic carbocycles. The first-order chi connectivity index (χ1) is 22.5. The lowest BCUT2D eigenvalue weighted by molar-refractivity contribution is -0.137. The lowest BCUT2D eigenvalue weighted by Crippen LogP contribution is -2.59. The number of nitrogens with zero attached hydrogens (tertiary/aromatic N) is 4. The maximum Gasteiger partial charge on any atom is 0.417 e. The normalized spacial score (nSPS) is 20.1. The zero-order valence-electron chi connectivity index (χ0n) is 27.3. The molecule has 9 nitrogen and oxygen atoms in total. The average Bonchev–Trinajstić information content (AvgIpc) is 3.17. The second kappa shape index (κ2) is 13.8. The third-order valence-electron chi connectivity index (χ3n) is 8.19. The van der Waals surface area contributed by atoms with Crippen molar-refractivity contribution in [2.75, 3.05) is 29.6 Å². The number of amides is 2. The van der Waals surface area contributed by atoms with E-state index in [1.807, 2.05) is 0 Å². The predicted molar refractivity (Wildman–Crippen MR) is 178 cm³/mol. The number of carbonyl (C=O) groups excluding carboxylic acids is 2. The quantitative estimate of drug-likeness (QED) is 0.226. The first-order valence-electron chi connectivity index (χ1n) is 15.7. The monoisotopic (exact) mass is 711 g/mol. The highest BCUT2D eigenvalue weighted by Crippen LogP contribution is 2.48. The summed E-state index contributed by atoms with van der Waals surface area (Å²) in [7, 11) is 0. The summed E-state index contributed by atoms with van der Waals surface area (Å²) in [4.78, 5) is 47.4. The van der Waals surface area contributed by atoms with Crippen molar-refractivity contribution in [3.05, 3.63) is 52.2 Å². The molecule has 0 bridgehead atoms. The minimum Gasteiger partial charge on any atom is -0.444 e.